The van der Waals surface area contributed by atoms with E-state index < -0.39 is 35.3 Å². The van der Waals surface area contributed by atoms with E-state index >= 15 is 0 Å². The first-order chi connectivity index (χ1) is 14.8. The molecule has 2 aromatic carbocycles. The van der Waals surface area contributed by atoms with E-state index in [4.69, 9.17) is 0 Å². The van der Waals surface area contributed by atoms with Gasteiger partial charge in [0, 0.05) is 25.7 Å². The Hall–Kier alpha value is -4.08. The Kier molecular flexibility index (Phi) is 4.97. The number of aromatic nitrogens is 4. The summed E-state index contributed by atoms with van der Waals surface area (Å²) in [5, 5.41) is 2.37. The van der Waals surface area contributed by atoms with Crippen molar-refractivity contribution in [2.45, 2.75) is 6.54 Å². The zero-order valence-corrected chi connectivity index (χ0v) is 16.6. The molecular weight excluding hydrogens is 408 g/mol. The molecule has 0 fully saturated rings. The number of benzene rings is 2. The average molecular weight is 425 g/mol. The lowest BCUT2D eigenvalue weighted by atomic mass is 10.0. The number of fused-ring (bicyclic) bond motifs is 1. The number of halogens is 2. The van der Waals surface area contributed by atoms with Gasteiger partial charge in [-0.25, -0.2) is 23.1 Å². The third-order valence-electron chi connectivity index (χ3n) is 4.91. The molecule has 0 unspecified atom stereocenters. The molecule has 0 aliphatic rings. The molecule has 0 bridgehead atoms. The summed E-state index contributed by atoms with van der Waals surface area (Å²) in [6.45, 7) is -0.655. The highest BCUT2D eigenvalue weighted by Crippen LogP contribution is 2.31. The van der Waals surface area contributed by atoms with E-state index in [9.17, 15) is 23.2 Å². The molecule has 2 heterocycles. The maximum Gasteiger partial charge on any atom is 0.332 e. The second kappa shape index (κ2) is 7.63. The smallest absolute Gasteiger partial charge is 0.328 e. The highest BCUT2D eigenvalue weighted by Gasteiger charge is 2.19. The highest BCUT2D eigenvalue weighted by atomic mass is 19.1. The highest BCUT2D eigenvalue weighted by molar-refractivity contribution is 5.95. The molecule has 1 N–H and O–H groups in total. The normalized spacial score (nSPS) is 11.1. The van der Waals surface area contributed by atoms with Gasteiger partial charge < -0.3 is 9.88 Å². The number of rotatable bonds is 4. The minimum Gasteiger partial charge on any atom is -0.328 e. The van der Waals surface area contributed by atoms with Crippen molar-refractivity contribution in [2.24, 2.45) is 14.1 Å². The molecule has 0 aliphatic carbocycles. The van der Waals surface area contributed by atoms with Crippen LogP contribution in [-0.2, 0) is 25.4 Å². The van der Waals surface area contributed by atoms with E-state index in [-0.39, 0.29) is 22.4 Å². The molecule has 0 saturated heterocycles. The Labute approximate surface area is 174 Å². The van der Waals surface area contributed by atoms with Crippen molar-refractivity contribution in [1.82, 2.24) is 18.7 Å². The van der Waals surface area contributed by atoms with Gasteiger partial charge in [-0.2, -0.15) is 0 Å². The molecule has 0 radical (unpaired) electrons. The standard InChI is InChI=1S/C21H17F2N5O3/c1-26-11-24-19-18(26)20(30)28(21(31)27(19)2)10-16(29)25-17-14(8-13(22)9-15(17)23)12-6-4-3-5-7-12/h3-9,11H,10H2,1-2H3,(H,25,29). The van der Waals surface area contributed by atoms with Crippen LogP contribution in [0.25, 0.3) is 22.3 Å². The summed E-state index contributed by atoms with van der Waals surface area (Å²) < 4.78 is 31.7. The molecule has 2 aromatic heterocycles. The fraction of sp³-hybridized carbons (Fsp3) is 0.143. The zero-order valence-electron chi connectivity index (χ0n) is 16.6. The lowest BCUT2D eigenvalue weighted by molar-refractivity contribution is -0.116. The largest absolute Gasteiger partial charge is 0.332 e. The van der Waals surface area contributed by atoms with E-state index in [1.165, 1.54) is 17.9 Å². The molecule has 0 aliphatic heterocycles. The van der Waals surface area contributed by atoms with Crippen molar-refractivity contribution in [2.75, 3.05) is 5.32 Å². The van der Waals surface area contributed by atoms with Crippen LogP contribution in [0, 0.1) is 11.6 Å². The minimum atomic E-state index is -0.977. The Morgan fingerprint density at radius 2 is 1.81 bits per heavy atom. The summed E-state index contributed by atoms with van der Waals surface area (Å²) in [6, 6.07) is 10.1. The number of amides is 1. The maximum absolute atomic E-state index is 14.5. The fourth-order valence-electron chi connectivity index (χ4n) is 3.40. The number of nitrogens with one attached hydrogen (secondary N) is 1. The summed E-state index contributed by atoms with van der Waals surface area (Å²) in [7, 11) is 3.02. The van der Waals surface area contributed by atoms with Gasteiger partial charge in [-0.3, -0.25) is 14.2 Å². The van der Waals surface area contributed by atoms with E-state index in [0.717, 1.165) is 15.2 Å². The SMILES string of the molecule is Cn1cnc2c1c(=O)n(CC(=O)Nc1c(F)cc(F)cc1-c1ccccc1)c(=O)n2C. The molecule has 4 aromatic rings. The van der Waals surface area contributed by atoms with Crippen LogP contribution >= 0.6 is 0 Å². The summed E-state index contributed by atoms with van der Waals surface area (Å²) >= 11 is 0. The van der Waals surface area contributed by atoms with E-state index in [1.54, 1.807) is 37.4 Å². The molecule has 8 nitrogen and oxygen atoms in total. The number of carbonyl (C=O) groups is 1. The second-order valence-corrected chi connectivity index (χ2v) is 6.98. The van der Waals surface area contributed by atoms with Crippen LogP contribution < -0.4 is 16.6 Å². The number of hydrogen-bond acceptors (Lipinski definition) is 4. The molecule has 158 valence electrons. The fourth-order valence-corrected chi connectivity index (χ4v) is 3.40. The number of carbonyl (C=O) groups excluding carboxylic acids is 1. The van der Waals surface area contributed by atoms with E-state index in [2.05, 4.69) is 10.3 Å². The van der Waals surface area contributed by atoms with Crippen LogP contribution in [0.4, 0.5) is 14.5 Å². The van der Waals surface area contributed by atoms with Crippen molar-refractivity contribution in [3.63, 3.8) is 0 Å². The van der Waals surface area contributed by atoms with Gasteiger partial charge in [-0.05, 0) is 11.6 Å². The lowest BCUT2D eigenvalue weighted by Gasteiger charge is -2.14. The van der Waals surface area contributed by atoms with Crippen molar-refractivity contribution < 1.29 is 13.6 Å². The second-order valence-electron chi connectivity index (χ2n) is 6.98. The van der Waals surface area contributed by atoms with Gasteiger partial charge in [0.05, 0.1) is 12.0 Å². The zero-order chi connectivity index (χ0) is 22.3. The third-order valence-corrected chi connectivity index (χ3v) is 4.91. The summed E-state index contributed by atoms with van der Waals surface area (Å²) in [5.74, 6) is -2.60. The summed E-state index contributed by atoms with van der Waals surface area (Å²) in [5.41, 5.74) is -0.735. The summed E-state index contributed by atoms with van der Waals surface area (Å²) in [4.78, 5) is 42.0. The summed E-state index contributed by atoms with van der Waals surface area (Å²) in [6.07, 6.45) is 1.38. The van der Waals surface area contributed by atoms with Crippen molar-refractivity contribution in [3.05, 3.63) is 81.3 Å². The Morgan fingerprint density at radius 3 is 2.52 bits per heavy atom. The topological polar surface area (TPSA) is 90.9 Å². The maximum atomic E-state index is 14.5. The van der Waals surface area contributed by atoms with E-state index in [1.807, 2.05) is 0 Å². The molecule has 1 amide bonds. The number of imidazole rings is 1. The predicted molar refractivity (Wildman–Crippen MR) is 111 cm³/mol. The first-order valence-electron chi connectivity index (χ1n) is 9.23. The Bertz CT molecular complexity index is 1440. The van der Waals surface area contributed by atoms with Crippen LogP contribution in [0.15, 0.2) is 58.4 Å². The molecular formula is C21H17F2N5O3. The van der Waals surface area contributed by atoms with Gasteiger partial charge in [-0.15, -0.1) is 0 Å². The first kappa shape index (κ1) is 20.2. The monoisotopic (exact) mass is 425 g/mol. The first-order valence-corrected chi connectivity index (χ1v) is 9.23. The molecule has 0 saturated carbocycles. The van der Waals surface area contributed by atoms with Gasteiger partial charge >= 0.3 is 5.69 Å². The van der Waals surface area contributed by atoms with Crippen LogP contribution in [0.2, 0.25) is 0 Å². The number of aryl methyl sites for hydroxylation is 2. The minimum absolute atomic E-state index is 0.133. The molecule has 4 rings (SSSR count). The quantitative estimate of drug-likeness (QED) is 0.542. The van der Waals surface area contributed by atoms with Crippen molar-refractivity contribution >= 4 is 22.8 Å². The van der Waals surface area contributed by atoms with Gasteiger partial charge in [-0.1, -0.05) is 30.3 Å². The molecule has 10 heteroatoms. The predicted octanol–water partition coefficient (Wildman–Crippen LogP) is 2.02. The van der Waals surface area contributed by atoms with Gasteiger partial charge in [0.15, 0.2) is 11.2 Å². The molecule has 0 spiro atoms. The molecule has 31 heavy (non-hydrogen) atoms. The van der Waals surface area contributed by atoms with Crippen molar-refractivity contribution in [3.8, 4) is 11.1 Å². The van der Waals surface area contributed by atoms with E-state index in [0.29, 0.717) is 11.6 Å². The Morgan fingerprint density at radius 1 is 1.10 bits per heavy atom. The van der Waals surface area contributed by atoms with Crippen LogP contribution in [0.3, 0.4) is 0 Å². The number of nitrogens with zero attached hydrogens (tertiary/aromatic N) is 4. The number of hydrogen-bond donors (Lipinski definition) is 1. The van der Waals surface area contributed by atoms with Crippen molar-refractivity contribution in [1.29, 1.82) is 0 Å². The number of anilines is 1. The van der Waals surface area contributed by atoms with Gasteiger partial charge in [0.25, 0.3) is 5.56 Å². The molecule has 0 atom stereocenters. The lowest BCUT2D eigenvalue weighted by Crippen LogP contribution is -2.42. The van der Waals surface area contributed by atoms with Gasteiger partial charge in [0.2, 0.25) is 5.91 Å². The third kappa shape index (κ3) is 3.52. The van der Waals surface area contributed by atoms with Crippen LogP contribution in [-0.4, -0.2) is 24.6 Å². The van der Waals surface area contributed by atoms with Crippen LogP contribution in [0.5, 0.6) is 0 Å². The Balaban J connectivity index is 1.74. The van der Waals surface area contributed by atoms with Crippen LogP contribution in [0.1, 0.15) is 0 Å². The van der Waals surface area contributed by atoms with Gasteiger partial charge in [0.1, 0.15) is 18.2 Å². The average Bonchev–Trinajstić information content (AvgIpc) is 3.13.